The van der Waals surface area contributed by atoms with Crippen LogP contribution in [-0.4, -0.2) is 36.0 Å². The number of aromatic nitrogens is 1. The number of nitrogens with one attached hydrogen (secondary N) is 3. The Morgan fingerprint density at radius 1 is 1.27 bits per heavy atom. The first kappa shape index (κ1) is 21.6. The topological polar surface area (TPSA) is 92.4 Å². The number of rotatable bonds is 10. The first-order valence-electron chi connectivity index (χ1n) is 9.47. The van der Waals surface area contributed by atoms with E-state index >= 15 is 0 Å². The molecule has 0 saturated heterocycles. The van der Waals surface area contributed by atoms with E-state index in [-0.39, 0.29) is 41.4 Å². The highest BCUT2D eigenvalue weighted by Gasteiger charge is 2.21. The van der Waals surface area contributed by atoms with Crippen LogP contribution in [0.15, 0.2) is 48.8 Å². The van der Waals surface area contributed by atoms with Crippen molar-refractivity contribution in [3.8, 4) is 5.75 Å². The number of amides is 2. The Hall–Kier alpha value is -3.13. The van der Waals surface area contributed by atoms with Gasteiger partial charge in [-0.3, -0.25) is 14.6 Å². The lowest BCUT2D eigenvalue weighted by Crippen LogP contribution is -2.31. The van der Waals surface area contributed by atoms with Gasteiger partial charge in [-0.1, -0.05) is 18.2 Å². The van der Waals surface area contributed by atoms with Crippen LogP contribution in [-0.2, 0) is 4.79 Å². The Morgan fingerprint density at radius 3 is 2.80 bits per heavy atom. The molecule has 3 N–H and O–H groups in total. The summed E-state index contributed by atoms with van der Waals surface area (Å²) in [7, 11) is 0. The van der Waals surface area contributed by atoms with Crippen molar-refractivity contribution in [2.45, 2.75) is 25.3 Å². The molecule has 0 atom stereocenters. The van der Waals surface area contributed by atoms with E-state index in [1.54, 1.807) is 12.3 Å². The molecule has 7 nitrogen and oxygen atoms in total. The summed E-state index contributed by atoms with van der Waals surface area (Å²) in [5.74, 6) is -1.16. The minimum Gasteiger partial charge on any atom is -0.484 e. The minimum atomic E-state index is -0.620. The Kier molecular flexibility index (Phi) is 7.24. The van der Waals surface area contributed by atoms with Crippen molar-refractivity contribution < 1.29 is 18.7 Å². The first-order chi connectivity index (χ1) is 14.4. The molecule has 30 heavy (non-hydrogen) atoms. The van der Waals surface area contributed by atoms with Crippen LogP contribution < -0.4 is 20.7 Å². The van der Waals surface area contributed by atoms with Crippen LogP contribution in [0, 0.1) is 5.82 Å². The maximum absolute atomic E-state index is 13.3. The number of hydrogen-bond donors (Lipinski definition) is 3. The van der Waals surface area contributed by atoms with Gasteiger partial charge in [-0.15, -0.1) is 0 Å². The molecule has 0 bridgehead atoms. The largest absolute Gasteiger partial charge is 0.484 e. The van der Waals surface area contributed by atoms with E-state index in [9.17, 15) is 14.0 Å². The van der Waals surface area contributed by atoms with Gasteiger partial charge in [0.15, 0.2) is 6.61 Å². The van der Waals surface area contributed by atoms with Crippen molar-refractivity contribution >= 4 is 29.1 Å². The van der Waals surface area contributed by atoms with Gasteiger partial charge in [0.1, 0.15) is 17.3 Å². The van der Waals surface area contributed by atoms with E-state index in [1.165, 1.54) is 12.1 Å². The molecule has 2 amide bonds. The fraction of sp³-hybridized carbons (Fsp3) is 0.286. The molecule has 0 radical (unpaired) electrons. The molecule has 1 aliphatic rings. The van der Waals surface area contributed by atoms with E-state index in [0.29, 0.717) is 18.2 Å². The smallest absolute Gasteiger partial charge is 0.274 e. The maximum atomic E-state index is 13.3. The third-order valence-corrected chi connectivity index (χ3v) is 4.55. The normalized spacial score (nSPS) is 12.7. The second-order valence-corrected chi connectivity index (χ2v) is 7.28. The summed E-state index contributed by atoms with van der Waals surface area (Å²) in [6.07, 6.45) is 4.18. The third kappa shape index (κ3) is 6.73. The van der Waals surface area contributed by atoms with Crippen LogP contribution in [0.5, 0.6) is 5.75 Å². The molecule has 1 aromatic heterocycles. The zero-order valence-corrected chi connectivity index (χ0v) is 17.0. The maximum Gasteiger partial charge on any atom is 0.274 e. The lowest BCUT2D eigenvalue weighted by Gasteiger charge is -2.11. The lowest BCUT2D eigenvalue weighted by atomic mass is 10.2. The number of benzene rings is 1. The van der Waals surface area contributed by atoms with E-state index in [2.05, 4.69) is 27.5 Å². The summed E-state index contributed by atoms with van der Waals surface area (Å²) < 4.78 is 18.5. The van der Waals surface area contributed by atoms with Crippen molar-refractivity contribution in [2.24, 2.45) is 0 Å². The second-order valence-electron chi connectivity index (χ2n) is 6.87. The highest BCUT2D eigenvalue weighted by atomic mass is 35.5. The SMILES string of the molecule is C=C(CCNC(=O)COc1ccc(Cl)c(F)c1)NC(=O)c1cc(NC2CC2)ccn1. The van der Waals surface area contributed by atoms with Crippen molar-refractivity contribution in [1.82, 2.24) is 15.6 Å². The molecule has 1 aliphatic carbocycles. The Balaban J connectivity index is 1.36. The quantitative estimate of drug-likeness (QED) is 0.536. The molecule has 1 heterocycles. The number of carbonyl (C=O) groups excluding carboxylic acids is 2. The average Bonchev–Trinajstić information content (AvgIpc) is 3.53. The number of anilines is 1. The van der Waals surface area contributed by atoms with Crippen molar-refractivity contribution in [3.05, 3.63) is 65.3 Å². The van der Waals surface area contributed by atoms with Crippen molar-refractivity contribution in [1.29, 1.82) is 0 Å². The van der Waals surface area contributed by atoms with E-state index in [0.717, 1.165) is 24.6 Å². The van der Waals surface area contributed by atoms with Crippen LogP contribution in [0.4, 0.5) is 10.1 Å². The lowest BCUT2D eigenvalue weighted by molar-refractivity contribution is -0.123. The van der Waals surface area contributed by atoms with Gasteiger partial charge >= 0.3 is 0 Å². The van der Waals surface area contributed by atoms with Gasteiger partial charge < -0.3 is 20.7 Å². The number of halogens is 2. The zero-order valence-electron chi connectivity index (χ0n) is 16.2. The van der Waals surface area contributed by atoms with Gasteiger partial charge in [0.05, 0.1) is 5.02 Å². The first-order valence-corrected chi connectivity index (χ1v) is 9.85. The molecule has 1 saturated carbocycles. The molecular weight excluding hydrogens is 411 g/mol. The van der Waals surface area contributed by atoms with E-state index in [4.69, 9.17) is 16.3 Å². The molecule has 2 aromatic rings. The second kappa shape index (κ2) is 10.1. The predicted octanol–water partition coefficient (Wildman–Crippen LogP) is 3.28. The monoisotopic (exact) mass is 432 g/mol. The summed E-state index contributed by atoms with van der Waals surface area (Å²) in [5, 5.41) is 8.61. The zero-order chi connectivity index (χ0) is 21.5. The van der Waals surface area contributed by atoms with Crippen LogP contribution in [0.2, 0.25) is 5.02 Å². The number of pyridine rings is 1. The van der Waals surface area contributed by atoms with Crippen LogP contribution in [0.3, 0.4) is 0 Å². The fourth-order valence-electron chi connectivity index (χ4n) is 2.51. The molecule has 0 unspecified atom stereocenters. The molecule has 0 aliphatic heterocycles. The number of carbonyl (C=O) groups is 2. The van der Waals surface area contributed by atoms with E-state index in [1.807, 2.05) is 6.07 Å². The Morgan fingerprint density at radius 2 is 2.07 bits per heavy atom. The Labute approximate surface area is 178 Å². The van der Waals surface area contributed by atoms with Gasteiger partial charge in [-0.2, -0.15) is 0 Å². The standard InChI is InChI=1S/C21H22ClFN4O3/c1-13(26-21(29)19-10-15(7-9-24-19)27-14-2-3-14)6-8-25-20(28)12-30-16-4-5-17(22)18(23)11-16/h4-5,7,9-11,14H,1-3,6,8,12H2,(H,24,27)(H,25,28)(H,26,29). The predicted molar refractivity (Wildman–Crippen MR) is 112 cm³/mol. The Bertz CT molecular complexity index is 950. The molecule has 0 spiro atoms. The third-order valence-electron chi connectivity index (χ3n) is 4.24. The van der Waals surface area contributed by atoms with Crippen molar-refractivity contribution in [3.63, 3.8) is 0 Å². The molecular formula is C21H22ClFN4O3. The minimum absolute atomic E-state index is 0.0199. The molecule has 1 aromatic carbocycles. The number of ether oxygens (including phenoxy) is 1. The summed E-state index contributed by atoms with van der Waals surface area (Å²) in [6.45, 7) is 3.78. The number of nitrogens with zero attached hydrogens (tertiary/aromatic N) is 1. The molecule has 158 valence electrons. The van der Waals surface area contributed by atoms with Crippen LogP contribution in [0.1, 0.15) is 29.8 Å². The fourth-order valence-corrected chi connectivity index (χ4v) is 2.63. The van der Waals surface area contributed by atoms with Crippen LogP contribution in [0.25, 0.3) is 0 Å². The highest BCUT2D eigenvalue weighted by Crippen LogP contribution is 2.24. The van der Waals surface area contributed by atoms with Gasteiger partial charge in [-0.05, 0) is 37.1 Å². The molecule has 9 heteroatoms. The van der Waals surface area contributed by atoms with Gasteiger partial charge in [0.25, 0.3) is 11.8 Å². The van der Waals surface area contributed by atoms with Gasteiger partial charge in [0, 0.05) is 42.7 Å². The molecule has 1 fully saturated rings. The van der Waals surface area contributed by atoms with Gasteiger partial charge in [0.2, 0.25) is 0 Å². The van der Waals surface area contributed by atoms with Crippen LogP contribution >= 0.6 is 11.6 Å². The molecule has 3 rings (SSSR count). The summed E-state index contributed by atoms with van der Waals surface area (Å²) >= 11 is 5.59. The highest BCUT2D eigenvalue weighted by molar-refractivity contribution is 6.30. The summed E-state index contributed by atoms with van der Waals surface area (Å²) in [5.41, 5.74) is 1.59. The number of hydrogen-bond acceptors (Lipinski definition) is 5. The average molecular weight is 433 g/mol. The van der Waals surface area contributed by atoms with Gasteiger partial charge in [-0.25, -0.2) is 4.39 Å². The summed E-state index contributed by atoms with van der Waals surface area (Å²) in [4.78, 5) is 28.2. The van der Waals surface area contributed by atoms with Crippen molar-refractivity contribution in [2.75, 3.05) is 18.5 Å². The van der Waals surface area contributed by atoms with E-state index < -0.39 is 5.82 Å². The summed E-state index contributed by atoms with van der Waals surface area (Å²) in [6, 6.07) is 7.92.